The molecule has 0 radical (unpaired) electrons. The number of rotatable bonds is 2. The zero-order chi connectivity index (χ0) is 20.8. The molecule has 5 nitrogen and oxygen atoms in total. The van der Waals surface area contributed by atoms with Crippen LogP contribution in [-0.2, 0) is 13.1 Å². The maximum atomic E-state index is 5.05. The van der Waals surface area contributed by atoms with E-state index in [2.05, 4.69) is 47.2 Å². The monoisotopic (exact) mass is 431 g/mol. The van der Waals surface area contributed by atoms with Gasteiger partial charge in [-0.1, -0.05) is 39.5 Å². The van der Waals surface area contributed by atoms with E-state index in [9.17, 15) is 0 Å². The Balaban J connectivity index is 1.54. The molecular formula is C24H41N5S. The van der Waals surface area contributed by atoms with Gasteiger partial charge in [0.15, 0.2) is 0 Å². The number of hydrogen-bond donors (Lipinski definition) is 4. The number of hydrogen-bond acceptors (Lipinski definition) is 6. The molecule has 3 aliphatic rings. The van der Waals surface area contributed by atoms with E-state index in [1.165, 1.54) is 67.6 Å². The second-order valence-electron chi connectivity index (χ2n) is 9.62. The number of pyridine rings is 1. The number of aromatic nitrogens is 1. The van der Waals surface area contributed by atoms with Gasteiger partial charge in [0.05, 0.1) is 11.4 Å². The molecule has 2 fully saturated rings. The molecule has 1 aliphatic heterocycles. The number of nitrogens with zero attached hydrogens (tertiary/aromatic N) is 1. The summed E-state index contributed by atoms with van der Waals surface area (Å²) in [5, 5.41) is 16.0. The summed E-state index contributed by atoms with van der Waals surface area (Å²) in [6, 6.07) is 6.87. The third-order valence-corrected chi connectivity index (χ3v) is 7.82. The highest BCUT2D eigenvalue weighted by Gasteiger charge is 2.26. The molecule has 2 aliphatic carbocycles. The Morgan fingerprint density at radius 3 is 1.60 bits per heavy atom. The van der Waals surface area contributed by atoms with Crippen molar-refractivity contribution in [2.24, 2.45) is 0 Å². The van der Waals surface area contributed by atoms with Gasteiger partial charge in [-0.3, -0.25) is 4.98 Å². The van der Waals surface area contributed by atoms with Crippen LogP contribution < -0.4 is 21.3 Å². The third kappa shape index (κ3) is 6.42. The van der Waals surface area contributed by atoms with Crippen molar-refractivity contribution in [3.63, 3.8) is 0 Å². The molecule has 2 saturated carbocycles. The second kappa shape index (κ2) is 11.3. The van der Waals surface area contributed by atoms with Gasteiger partial charge in [-0.05, 0) is 37.8 Å². The summed E-state index contributed by atoms with van der Waals surface area (Å²) in [5.74, 6) is 0. The highest BCUT2D eigenvalue weighted by Crippen LogP contribution is 2.25. The topological polar surface area (TPSA) is 61.0 Å². The van der Waals surface area contributed by atoms with Crippen molar-refractivity contribution in [3.05, 3.63) is 23.5 Å². The van der Waals surface area contributed by atoms with Gasteiger partial charge in [0.25, 0.3) is 0 Å². The van der Waals surface area contributed by atoms with Gasteiger partial charge < -0.3 is 21.3 Å². The lowest BCUT2D eigenvalue weighted by atomic mass is 9.89. The van der Waals surface area contributed by atoms with Crippen LogP contribution in [0, 0.1) is 0 Å². The standard InChI is InChI=1S/C24H41N5S/c1-17(2)30-20-13-18-15-27-23-9-5-3-7-21(23)25-11-12-26-22-8-4-6-10-24(22)28-16-19(14-20)29-18/h13-14,17,21-28H,3-12,15-16H2,1-2H3/t21-,22?,23-,24?/m1/s1. The zero-order valence-electron chi connectivity index (χ0n) is 18.9. The third-order valence-electron chi connectivity index (χ3n) is 6.84. The molecule has 1 aromatic rings. The molecule has 2 bridgehead atoms. The minimum atomic E-state index is 0.552. The first kappa shape index (κ1) is 22.5. The lowest BCUT2D eigenvalue weighted by Crippen LogP contribution is -2.53. The average Bonchev–Trinajstić information content (AvgIpc) is 2.74. The van der Waals surface area contributed by atoms with Crippen molar-refractivity contribution < 1.29 is 0 Å². The molecule has 0 amide bonds. The van der Waals surface area contributed by atoms with Crippen LogP contribution in [0.3, 0.4) is 0 Å². The van der Waals surface area contributed by atoms with Crippen LogP contribution in [0.15, 0.2) is 17.0 Å². The first-order chi connectivity index (χ1) is 14.7. The summed E-state index contributed by atoms with van der Waals surface area (Å²) >= 11 is 1.95. The smallest absolute Gasteiger partial charge is 0.0556 e. The molecule has 6 heteroatoms. The van der Waals surface area contributed by atoms with Gasteiger partial charge in [0.1, 0.15) is 0 Å². The molecule has 30 heavy (non-hydrogen) atoms. The highest BCUT2D eigenvalue weighted by molar-refractivity contribution is 7.99. The van der Waals surface area contributed by atoms with Gasteiger partial charge in [-0.2, -0.15) is 0 Å². The van der Waals surface area contributed by atoms with Crippen LogP contribution in [0.5, 0.6) is 0 Å². The fourth-order valence-corrected chi connectivity index (χ4v) is 6.32. The number of thioether (sulfide) groups is 1. The van der Waals surface area contributed by atoms with Gasteiger partial charge in [0, 0.05) is 60.5 Å². The Hall–Kier alpha value is -0.660. The highest BCUT2D eigenvalue weighted by atomic mass is 32.2. The van der Waals surface area contributed by atoms with Crippen LogP contribution in [0.25, 0.3) is 0 Å². The van der Waals surface area contributed by atoms with E-state index in [4.69, 9.17) is 4.98 Å². The van der Waals surface area contributed by atoms with Crippen molar-refractivity contribution in [1.29, 1.82) is 0 Å². The maximum absolute atomic E-state index is 5.05. The SMILES string of the molecule is CC(C)Sc1cc2nc(c1)CN[C@@H]1CCCC[C@H]1NCCNC1CCCCC1NC2. The largest absolute Gasteiger partial charge is 0.311 e. The molecule has 2 heterocycles. The molecule has 4 N–H and O–H groups in total. The molecule has 4 rings (SSSR count). The van der Waals surface area contributed by atoms with Gasteiger partial charge in [-0.15, -0.1) is 11.8 Å². The van der Waals surface area contributed by atoms with Crippen molar-refractivity contribution in [2.45, 2.75) is 113 Å². The van der Waals surface area contributed by atoms with E-state index in [0.717, 1.165) is 26.2 Å². The lowest BCUT2D eigenvalue weighted by molar-refractivity contribution is 0.266. The second-order valence-corrected chi connectivity index (χ2v) is 11.3. The summed E-state index contributed by atoms with van der Waals surface area (Å²) < 4.78 is 0. The summed E-state index contributed by atoms with van der Waals surface area (Å²) in [6.07, 6.45) is 10.5. The molecular weight excluding hydrogens is 390 g/mol. The van der Waals surface area contributed by atoms with E-state index >= 15 is 0 Å². The predicted octanol–water partition coefficient (Wildman–Crippen LogP) is 3.58. The first-order valence-corrected chi connectivity index (χ1v) is 13.2. The first-order valence-electron chi connectivity index (χ1n) is 12.3. The molecule has 4 atom stereocenters. The lowest BCUT2D eigenvalue weighted by Gasteiger charge is -2.34. The minimum absolute atomic E-state index is 0.552. The predicted molar refractivity (Wildman–Crippen MR) is 127 cm³/mol. The molecule has 2 unspecified atom stereocenters. The summed E-state index contributed by atoms with van der Waals surface area (Å²) in [6.45, 7) is 8.40. The number of fused-ring (bicyclic) bond motifs is 4. The summed E-state index contributed by atoms with van der Waals surface area (Å²) in [5.41, 5.74) is 2.38. The molecule has 0 saturated heterocycles. The fraction of sp³-hybridized carbons (Fsp3) is 0.792. The Kier molecular flexibility index (Phi) is 8.47. The maximum Gasteiger partial charge on any atom is 0.0556 e. The van der Waals surface area contributed by atoms with Crippen LogP contribution in [0.1, 0.15) is 76.6 Å². The van der Waals surface area contributed by atoms with Gasteiger partial charge in [-0.25, -0.2) is 0 Å². The Morgan fingerprint density at radius 2 is 1.17 bits per heavy atom. The van der Waals surface area contributed by atoms with Crippen LogP contribution in [0.2, 0.25) is 0 Å². The summed E-state index contributed by atoms with van der Waals surface area (Å²) in [7, 11) is 0. The molecule has 0 aromatic carbocycles. The van der Waals surface area contributed by atoms with E-state index in [1.54, 1.807) is 0 Å². The Bertz CT molecular complexity index is 619. The van der Waals surface area contributed by atoms with E-state index in [1.807, 2.05) is 11.8 Å². The van der Waals surface area contributed by atoms with Crippen molar-refractivity contribution in [2.75, 3.05) is 13.1 Å². The molecule has 168 valence electrons. The average molecular weight is 432 g/mol. The van der Waals surface area contributed by atoms with E-state index < -0.39 is 0 Å². The molecule has 0 spiro atoms. The van der Waals surface area contributed by atoms with Crippen LogP contribution in [-0.4, -0.2) is 47.5 Å². The van der Waals surface area contributed by atoms with Gasteiger partial charge in [0.2, 0.25) is 0 Å². The number of nitrogens with one attached hydrogen (secondary N) is 4. The molecule has 1 aromatic heterocycles. The quantitative estimate of drug-likeness (QED) is 0.537. The zero-order valence-corrected chi connectivity index (χ0v) is 19.7. The van der Waals surface area contributed by atoms with Gasteiger partial charge >= 0.3 is 0 Å². The van der Waals surface area contributed by atoms with Crippen molar-refractivity contribution in [1.82, 2.24) is 26.3 Å². The van der Waals surface area contributed by atoms with Crippen LogP contribution >= 0.6 is 11.8 Å². The minimum Gasteiger partial charge on any atom is -0.311 e. The van der Waals surface area contributed by atoms with Crippen molar-refractivity contribution >= 4 is 11.8 Å². The Labute approximate surface area is 187 Å². The van der Waals surface area contributed by atoms with E-state index in [0.29, 0.717) is 29.4 Å². The summed E-state index contributed by atoms with van der Waals surface area (Å²) in [4.78, 5) is 6.40. The normalized spacial score (nSPS) is 31.3. The Morgan fingerprint density at radius 1 is 0.733 bits per heavy atom. The van der Waals surface area contributed by atoms with Crippen molar-refractivity contribution in [3.8, 4) is 0 Å². The van der Waals surface area contributed by atoms with Crippen LogP contribution in [0.4, 0.5) is 0 Å². The fourth-order valence-electron chi connectivity index (χ4n) is 5.37. The van der Waals surface area contributed by atoms with E-state index in [-0.39, 0.29) is 0 Å².